The highest BCUT2D eigenvalue weighted by Gasteiger charge is 2.38. The van der Waals surface area contributed by atoms with Crippen molar-refractivity contribution < 1.29 is 9.47 Å². The Hall–Kier alpha value is 0.230. The zero-order valence-electron chi connectivity index (χ0n) is 12.6. The largest absolute Gasteiger partial charge is 0.377 e. The van der Waals surface area contributed by atoms with E-state index in [1.807, 2.05) is 0 Å². The molecule has 1 N–H and O–H groups in total. The van der Waals surface area contributed by atoms with Gasteiger partial charge in [-0.3, -0.25) is 0 Å². The Bertz CT molecular complexity index is 283. The van der Waals surface area contributed by atoms with Gasteiger partial charge in [-0.1, -0.05) is 12.8 Å². The molecule has 3 fully saturated rings. The maximum atomic E-state index is 6.14. The Kier molecular flexibility index (Phi) is 5.66. The second-order valence-electron chi connectivity index (χ2n) is 6.56. The fourth-order valence-corrected chi connectivity index (χ4v) is 5.07. The van der Waals surface area contributed by atoms with Crippen molar-refractivity contribution in [3.63, 3.8) is 0 Å². The van der Waals surface area contributed by atoms with Gasteiger partial charge in [0.25, 0.3) is 0 Å². The van der Waals surface area contributed by atoms with Crippen molar-refractivity contribution in [2.45, 2.75) is 69.1 Å². The van der Waals surface area contributed by atoms with E-state index in [0.717, 1.165) is 19.8 Å². The van der Waals surface area contributed by atoms with Gasteiger partial charge >= 0.3 is 0 Å². The molecule has 0 aromatic rings. The second kappa shape index (κ2) is 7.48. The van der Waals surface area contributed by atoms with Gasteiger partial charge in [-0.2, -0.15) is 11.8 Å². The van der Waals surface area contributed by atoms with Crippen LogP contribution in [0.4, 0.5) is 0 Å². The van der Waals surface area contributed by atoms with Crippen LogP contribution < -0.4 is 5.32 Å². The van der Waals surface area contributed by atoms with E-state index in [1.165, 1.54) is 62.9 Å². The average Bonchev–Trinajstić information content (AvgIpc) is 2.98. The molecule has 0 radical (unpaired) electrons. The monoisotopic (exact) mass is 299 g/mol. The lowest BCUT2D eigenvalue weighted by Gasteiger charge is -2.43. The van der Waals surface area contributed by atoms with Crippen LogP contribution >= 0.6 is 11.8 Å². The first-order valence-electron chi connectivity index (χ1n) is 8.43. The molecule has 3 rings (SSSR count). The molecule has 3 nitrogen and oxygen atoms in total. The minimum atomic E-state index is 0.202. The normalized spacial score (nSPS) is 30.9. The fourth-order valence-electron chi connectivity index (χ4n) is 3.84. The molecule has 3 aliphatic rings. The summed E-state index contributed by atoms with van der Waals surface area (Å²) in [7, 11) is 0. The Morgan fingerprint density at radius 3 is 2.75 bits per heavy atom. The lowest BCUT2D eigenvalue weighted by Crippen LogP contribution is -2.49. The van der Waals surface area contributed by atoms with Crippen LogP contribution in [0.1, 0.15) is 51.4 Å². The van der Waals surface area contributed by atoms with Gasteiger partial charge in [0.15, 0.2) is 0 Å². The first kappa shape index (κ1) is 15.1. The molecule has 4 heteroatoms. The zero-order chi connectivity index (χ0) is 13.7. The Morgan fingerprint density at radius 2 is 1.95 bits per heavy atom. The summed E-state index contributed by atoms with van der Waals surface area (Å²) in [6.07, 6.45) is 10.7. The van der Waals surface area contributed by atoms with Crippen molar-refractivity contribution in [1.82, 2.24) is 5.32 Å². The van der Waals surface area contributed by atoms with E-state index < -0.39 is 0 Å². The minimum absolute atomic E-state index is 0.202. The molecule has 116 valence electrons. The third-order valence-electron chi connectivity index (χ3n) is 5.09. The molecule has 0 aromatic carbocycles. The predicted molar refractivity (Wildman–Crippen MR) is 84.5 cm³/mol. The van der Waals surface area contributed by atoms with Crippen LogP contribution in [-0.2, 0) is 9.47 Å². The van der Waals surface area contributed by atoms with Crippen LogP contribution in [0.15, 0.2) is 0 Å². The molecule has 20 heavy (non-hydrogen) atoms. The van der Waals surface area contributed by atoms with Gasteiger partial charge in [0.05, 0.1) is 18.3 Å². The molecular formula is C16H29NO2S. The maximum absolute atomic E-state index is 6.14. The average molecular weight is 299 g/mol. The molecule has 1 atom stereocenters. The van der Waals surface area contributed by atoms with Gasteiger partial charge in [0.2, 0.25) is 0 Å². The Balaban J connectivity index is 1.34. The highest BCUT2D eigenvalue weighted by Crippen LogP contribution is 2.37. The summed E-state index contributed by atoms with van der Waals surface area (Å²) >= 11 is 2.08. The second-order valence-corrected chi connectivity index (χ2v) is 7.79. The van der Waals surface area contributed by atoms with E-state index in [2.05, 4.69) is 17.1 Å². The molecule has 0 aromatic heterocycles. The van der Waals surface area contributed by atoms with Gasteiger partial charge in [0.1, 0.15) is 0 Å². The summed E-state index contributed by atoms with van der Waals surface area (Å²) in [4.78, 5) is 0. The molecule has 2 aliphatic heterocycles. The first-order valence-corrected chi connectivity index (χ1v) is 9.59. The van der Waals surface area contributed by atoms with Crippen LogP contribution in [0.5, 0.6) is 0 Å². The highest BCUT2D eigenvalue weighted by molar-refractivity contribution is 7.99. The topological polar surface area (TPSA) is 30.5 Å². The summed E-state index contributed by atoms with van der Waals surface area (Å²) in [5, 5.41) is 3.71. The molecule has 1 saturated carbocycles. The number of hydrogen-bond donors (Lipinski definition) is 1. The van der Waals surface area contributed by atoms with E-state index in [9.17, 15) is 0 Å². The van der Waals surface area contributed by atoms with E-state index in [4.69, 9.17) is 9.47 Å². The molecule has 0 amide bonds. The van der Waals surface area contributed by atoms with Crippen LogP contribution in [0, 0.1) is 0 Å². The molecule has 1 aliphatic carbocycles. The number of ether oxygens (including phenoxy) is 2. The van der Waals surface area contributed by atoms with Crippen LogP contribution in [0.3, 0.4) is 0 Å². The number of rotatable bonds is 5. The van der Waals surface area contributed by atoms with Crippen molar-refractivity contribution in [3.8, 4) is 0 Å². The SMILES string of the molecule is C1CCC(OCCNC2CCOC3(CCSCC3)C2)C1. The van der Waals surface area contributed by atoms with Crippen LogP contribution in [0.2, 0.25) is 0 Å². The summed E-state index contributed by atoms with van der Waals surface area (Å²) in [6, 6.07) is 0.638. The number of hydrogen-bond acceptors (Lipinski definition) is 4. The summed E-state index contributed by atoms with van der Waals surface area (Å²) < 4.78 is 12.1. The third-order valence-corrected chi connectivity index (χ3v) is 6.07. The van der Waals surface area contributed by atoms with Crippen molar-refractivity contribution >= 4 is 11.8 Å². The quantitative estimate of drug-likeness (QED) is 0.791. The number of thioether (sulfide) groups is 1. The molecule has 2 saturated heterocycles. The fraction of sp³-hybridized carbons (Fsp3) is 1.00. The summed E-state index contributed by atoms with van der Waals surface area (Å²) in [5.41, 5.74) is 0.202. The van der Waals surface area contributed by atoms with Crippen molar-refractivity contribution in [3.05, 3.63) is 0 Å². The minimum Gasteiger partial charge on any atom is -0.377 e. The van der Waals surface area contributed by atoms with Crippen LogP contribution in [0.25, 0.3) is 0 Å². The Morgan fingerprint density at radius 1 is 1.15 bits per heavy atom. The lowest BCUT2D eigenvalue weighted by atomic mass is 9.85. The summed E-state index contributed by atoms with van der Waals surface area (Å²) in [6.45, 7) is 2.82. The number of nitrogens with one attached hydrogen (secondary N) is 1. The molecular weight excluding hydrogens is 270 g/mol. The maximum Gasteiger partial charge on any atom is 0.0713 e. The zero-order valence-corrected chi connectivity index (χ0v) is 13.4. The molecule has 0 bridgehead atoms. The van der Waals surface area contributed by atoms with E-state index in [-0.39, 0.29) is 5.60 Å². The Labute approximate surface area is 127 Å². The smallest absolute Gasteiger partial charge is 0.0713 e. The van der Waals surface area contributed by atoms with E-state index >= 15 is 0 Å². The van der Waals surface area contributed by atoms with Crippen LogP contribution in [-0.4, -0.2) is 49.0 Å². The van der Waals surface area contributed by atoms with Gasteiger partial charge in [-0.05, 0) is 50.0 Å². The third kappa shape index (κ3) is 4.12. The van der Waals surface area contributed by atoms with Gasteiger partial charge in [-0.25, -0.2) is 0 Å². The predicted octanol–water partition coefficient (Wildman–Crippen LogP) is 2.98. The van der Waals surface area contributed by atoms with Gasteiger partial charge < -0.3 is 14.8 Å². The summed E-state index contributed by atoms with van der Waals surface area (Å²) in [5.74, 6) is 2.55. The van der Waals surface area contributed by atoms with Crippen molar-refractivity contribution in [2.75, 3.05) is 31.3 Å². The standard InChI is InChI=1S/C16H29NO2S/c1-2-4-15(3-1)18-10-8-17-14-5-9-19-16(13-14)6-11-20-12-7-16/h14-15,17H,1-13H2. The van der Waals surface area contributed by atoms with E-state index in [0.29, 0.717) is 12.1 Å². The highest BCUT2D eigenvalue weighted by atomic mass is 32.2. The first-order chi connectivity index (χ1) is 9.86. The lowest BCUT2D eigenvalue weighted by molar-refractivity contribution is -0.0937. The molecule has 1 unspecified atom stereocenters. The van der Waals surface area contributed by atoms with Crippen molar-refractivity contribution in [2.24, 2.45) is 0 Å². The van der Waals surface area contributed by atoms with Crippen molar-refractivity contribution in [1.29, 1.82) is 0 Å². The molecule has 1 spiro atoms. The molecule has 2 heterocycles. The van der Waals surface area contributed by atoms with E-state index in [1.54, 1.807) is 0 Å². The van der Waals surface area contributed by atoms with Gasteiger partial charge in [-0.15, -0.1) is 0 Å². The van der Waals surface area contributed by atoms with Gasteiger partial charge in [0, 0.05) is 19.2 Å².